The fraction of sp³-hybridized carbons (Fsp3) is 0.889. The Morgan fingerprint density at radius 2 is 1.92 bits per heavy atom. The summed E-state index contributed by atoms with van der Waals surface area (Å²) >= 11 is 0. The minimum Gasteiger partial charge on any atom is -0.379 e. The molecule has 0 radical (unpaired) electrons. The average molecular weight is 186 g/mol. The first-order valence-electron chi connectivity index (χ1n) is 4.74. The molecule has 1 heterocycles. The van der Waals surface area contributed by atoms with Crippen LogP contribution in [0.1, 0.15) is 13.8 Å². The van der Waals surface area contributed by atoms with Gasteiger partial charge in [0.1, 0.15) is 0 Å². The Kier molecular flexibility index (Phi) is 3.69. The van der Waals surface area contributed by atoms with Crippen LogP contribution in [-0.2, 0) is 9.53 Å². The SMILES string of the molecule is CC(C)C(C(N)=O)N1CCOCC1. The van der Waals surface area contributed by atoms with Gasteiger partial charge in [-0.25, -0.2) is 0 Å². The number of amides is 1. The molecule has 4 nitrogen and oxygen atoms in total. The molecule has 0 spiro atoms. The van der Waals surface area contributed by atoms with E-state index in [1.54, 1.807) is 0 Å². The van der Waals surface area contributed by atoms with E-state index in [1.807, 2.05) is 13.8 Å². The monoisotopic (exact) mass is 186 g/mol. The van der Waals surface area contributed by atoms with Crippen molar-refractivity contribution in [3.05, 3.63) is 0 Å². The average Bonchev–Trinajstić information content (AvgIpc) is 2.04. The minimum atomic E-state index is -0.225. The van der Waals surface area contributed by atoms with Gasteiger partial charge >= 0.3 is 0 Å². The van der Waals surface area contributed by atoms with E-state index < -0.39 is 0 Å². The quantitative estimate of drug-likeness (QED) is 0.665. The van der Waals surface area contributed by atoms with Crippen LogP contribution in [0.4, 0.5) is 0 Å². The number of nitrogens with zero attached hydrogens (tertiary/aromatic N) is 1. The van der Waals surface area contributed by atoms with Crippen molar-refractivity contribution in [1.29, 1.82) is 0 Å². The second-order valence-corrected chi connectivity index (χ2v) is 3.74. The normalized spacial score (nSPS) is 21.8. The summed E-state index contributed by atoms with van der Waals surface area (Å²) in [6, 6.07) is -0.135. The largest absolute Gasteiger partial charge is 0.379 e. The van der Waals surface area contributed by atoms with Crippen molar-refractivity contribution in [3.63, 3.8) is 0 Å². The summed E-state index contributed by atoms with van der Waals surface area (Å²) in [6.45, 7) is 7.07. The zero-order valence-electron chi connectivity index (χ0n) is 8.32. The number of hydrogen-bond acceptors (Lipinski definition) is 3. The van der Waals surface area contributed by atoms with Crippen molar-refractivity contribution in [2.75, 3.05) is 26.3 Å². The van der Waals surface area contributed by atoms with Crippen LogP contribution < -0.4 is 5.73 Å². The van der Waals surface area contributed by atoms with Crippen LogP contribution in [0.5, 0.6) is 0 Å². The first-order chi connectivity index (χ1) is 6.13. The Labute approximate surface area is 79.0 Å². The molecule has 0 aliphatic carbocycles. The van der Waals surface area contributed by atoms with Crippen molar-refractivity contribution in [1.82, 2.24) is 4.90 Å². The maximum atomic E-state index is 11.2. The van der Waals surface area contributed by atoms with Gasteiger partial charge in [-0.1, -0.05) is 13.8 Å². The van der Waals surface area contributed by atoms with Crippen LogP contribution in [0.2, 0.25) is 0 Å². The third-order valence-corrected chi connectivity index (χ3v) is 2.36. The fourth-order valence-electron chi connectivity index (χ4n) is 1.79. The lowest BCUT2D eigenvalue weighted by atomic mass is 10.0. The second kappa shape index (κ2) is 4.58. The molecule has 0 aromatic carbocycles. The van der Waals surface area contributed by atoms with E-state index in [-0.39, 0.29) is 17.9 Å². The standard InChI is InChI=1S/C9H18N2O2/c1-7(2)8(9(10)12)11-3-5-13-6-4-11/h7-8H,3-6H2,1-2H3,(H2,10,12). The summed E-state index contributed by atoms with van der Waals surface area (Å²) in [5.74, 6) is 0.0486. The molecular formula is C9H18N2O2. The van der Waals surface area contributed by atoms with E-state index in [4.69, 9.17) is 10.5 Å². The highest BCUT2D eigenvalue weighted by Crippen LogP contribution is 2.12. The number of primary amides is 1. The summed E-state index contributed by atoms with van der Waals surface area (Å²) in [5, 5.41) is 0. The van der Waals surface area contributed by atoms with Crippen molar-refractivity contribution >= 4 is 5.91 Å². The van der Waals surface area contributed by atoms with Crippen LogP contribution in [0, 0.1) is 5.92 Å². The van der Waals surface area contributed by atoms with E-state index in [0.717, 1.165) is 13.1 Å². The van der Waals surface area contributed by atoms with Crippen LogP contribution in [0.15, 0.2) is 0 Å². The Morgan fingerprint density at radius 1 is 1.38 bits per heavy atom. The van der Waals surface area contributed by atoms with Gasteiger partial charge in [0.05, 0.1) is 19.3 Å². The topological polar surface area (TPSA) is 55.6 Å². The van der Waals surface area contributed by atoms with Gasteiger partial charge in [-0.05, 0) is 5.92 Å². The molecule has 1 aliphatic heterocycles. The molecule has 1 atom stereocenters. The molecule has 4 heteroatoms. The van der Waals surface area contributed by atoms with Crippen molar-refractivity contribution < 1.29 is 9.53 Å². The predicted molar refractivity (Wildman–Crippen MR) is 50.2 cm³/mol. The highest BCUT2D eigenvalue weighted by Gasteiger charge is 2.27. The van der Waals surface area contributed by atoms with E-state index in [0.29, 0.717) is 13.2 Å². The summed E-state index contributed by atoms with van der Waals surface area (Å²) in [6.07, 6.45) is 0. The Bertz CT molecular complexity index is 176. The zero-order chi connectivity index (χ0) is 9.84. The number of ether oxygens (including phenoxy) is 1. The molecule has 1 unspecified atom stereocenters. The van der Waals surface area contributed by atoms with Gasteiger partial charge in [0.15, 0.2) is 0 Å². The van der Waals surface area contributed by atoms with Gasteiger partial charge in [0.2, 0.25) is 5.91 Å². The van der Waals surface area contributed by atoms with Crippen LogP contribution in [0.3, 0.4) is 0 Å². The van der Waals surface area contributed by atoms with E-state index in [9.17, 15) is 4.79 Å². The number of nitrogens with two attached hydrogens (primary N) is 1. The second-order valence-electron chi connectivity index (χ2n) is 3.74. The lowest BCUT2D eigenvalue weighted by molar-refractivity contribution is -0.126. The maximum Gasteiger partial charge on any atom is 0.235 e. The molecule has 0 aromatic heterocycles. The number of carbonyl (C=O) groups excluding carboxylic acids is 1. The third kappa shape index (κ3) is 2.67. The number of carbonyl (C=O) groups is 1. The molecule has 1 aliphatic rings. The molecule has 1 amide bonds. The fourth-order valence-corrected chi connectivity index (χ4v) is 1.79. The van der Waals surface area contributed by atoms with E-state index in [2.05, 4.69) is 4.90 Å². The van der Waals surface area contributed by atoms with Crippen molar-refractivity contribution in [3.8, 4) is 0 Å². The summed E-state index contributed by atoms with van der Waals surface area (Å²) in [7, 11) is 0. The molecule has 1 rings (SSSR count). The van der Waals surface area contributed by atoms with Gasteiger partial charge in [-0.15, -0.1) is 0 Å². The van der Waals surface area contributed by atoms with Crippen LogP contribution in [-0.4, -0.2) is 43.2 Å². The first kappa shape index (κ1) is 10.5. The molecule has 2 N–H and O–H groups in total. The third-order valence-electron chi connectivity index (χ3n) is 2.36. The van der Waals surface area contributed by atoms with Crippen molar-refractivity contribution in [2.24, 2.45) is 11.7 Å². The highest BCUT2D eigenvalue weighted by atomic mass is 16.5. The Hall–Kier alpha value is -0.610. The van der Waals surface area contributed by atoms with Gasteiger partial charge < -0.3 is 10.5 Å². The molecule has 0 saturated carbocycles. The lowest BCUT2D eigenvalue weighted by Crippen LogP contribution is -2.52. The molecule has 1 saturated heterocycles. The number of rotatable bonds is 3. The van der Waals surface area contributed by atoms with Crippen molar-refractivity contribution in [2.45, 2.75) is 19.9 Å². The Balaban J connectivity index is 2.57. The predicted octanol–water partition coefficient (Wildman–Crippen LogP) is -0.171. The van der Waals surface area contributed by atoms with E-state index >= 15 is 0 Å². The number of morpholine rings is 1. The van der Waals surface area contributed by atoms with Gasteiger partial charge in [-0.3, -0.25) is 9.69 Å². The van der Waals surface area contributed by atoms with Gasteiger partial charge in [0, 0.05) is 13.1 Å². The molecule has 0 bridgehead atoms. The van der Waals surface area contributed by atoms with Gasteiger partial charge in [0.25, 0.3) is 0 Å². The minimum absolute atomic E-state index is 0.135. The van der Waals surface area contributed by atoms with Gasteiger partial charge in [-0.2, -0.15) is 0 Å². The summed E-state index contributed by atoms with van der Waals surface area (Å²) < 4.78 is 5.22. The van der Waals surface area contributed by atoms with Crippen LogP contribution >= 0.6 is 0 Å². The zero-order valence-corrected chi connectivity index (χ0v) is 8.32. The smallest absolute Gasteiger partial charge is 0.235 e. The highest BCUT2D eigenvalue weighted by molar-refractivity contribution is 5.80. The molecular weight excluding hydrogens is 168 g/mol. The number of hydrogen-bond donors (Lipinski definition) is 1. The summed E-state index contributed by atoms with van der Waals surface area (Å²) in [5.41, 5.74) is 5.35. The van der Waals surface area contributed by atoms with Crippen LogP contribution in [0.25, 0.3) is 0 Å². The molecule has 76 valence electrons. The molecule has 0 aromatic rings. The Morgan fingerprint density at radius 3 is 2.31 bits per heavy atom. The first-order valence-corrected chi connectivity index (χ1v) is 4.74. The van der Waals surface area contributed by atoms with E-state index in [1.165, 1.54) is 0 Å². The summed E-state index contributed by atoms with van der Waals surface area (Å²) in [4.78, 5) is 13.3. The molecule has 13 heavy (non-hydrogen) atoms. The molecule has 1 fully saturated rings. The lowest BCUT2D eigenvalue weighted by Gasteiger charge is -2.34. The maximum absolute atomic E-state index is 11.2.